The van der Waals surface area contributed by atoms with Gasteiger partial charge in [0, 0.05) is 17.2 Å². The molecule has 3 aromatic rings. The number of carbonyl (C=O) groups is 1. The molecule has 0 saturated carbocycles. The summed E-state index contributed by atoms with van der Waals surface area (Å²) in [5.74, 6) is 0.834. The van der Waals surface area contributed by atoms with E-state index in [4.69, 9.17) is 32.7 Å². The topological polar surface area (TPSA) is 80.2 Å². The number of nitrogens with zero attached hydrogens (tertiary/aromatic N) is 1. The maximum atomic E-state index is 12.2. The van der Waals surface area contributed by atoms with Crippen molar-refractivity contribution in [2.45, 2.75) is 26.4 Å². The van der Waals surface area contributed by atoms with Crippen LogP contribution < -0.4 is 14.9 Å². The molecule has 0 aliphatic carbocycles. The normalized spacial score (nSPS) is 11.1. The molecular weight excluding hydrogens is 463 g/mol. The van der Waals surface area contributed by atoms with Crippen LogP contribution in [0.3, 0.4) is 0 Å². The number of halogens is 2. The highest BCUT2D eigenvalue weighted by atomic mass is 35.5. The van der Waals surface area contributed by atoms with Gasteiger partial charge in [0.1, 0.15) is 23.9 Å². The molecule has 8 heteroatoms. The van der Waals surface area contributed by atoms with Crippen molar-refractivity contribution in [3.8, 4) is 17.2 Å². The Morgan fingerprint density at radius 2 is 1.79 bits per heavy atom. The van der Waals surface area contributed by atoms with Gasteiger partial charge in [0.15, 0.2) is 0 Å². The van der Waals surface area contributed by atoms with Gasteiger partial charge in [0.25, 0.3) is 5.91 Å². The van der Waals surface area contributed by atoms with Gasteiger partial charge in [-0.1, -0.05) is 61.3 Å². The predicted octanol–water partition coefficient (Wildman–Crippen LogP) is 6.17. The minimum Gasteiger partial charge on any atom is -0.506 e. The molecule has 0 atom stereocenters. The van der Waals surface area contributed by atoms with Crippen LogP contribution in [0.25, 0.3) is 0 Å². The minimum atomic E-state index is -0.485. The van der Waals surface area contributed by atoms with Crippen LogP contribution >= 0.6 is 23.2 Å². The Hall–Kier alpha value is -3.22. The molecule has 0 aliphatic heterocycles. The van der Waals surface area contributed by atoms with Crippen molar-refractivity contribution in [1.82, 2.24) is 5.43 Å². The summed E-state index contributed by atoms with van der Waals surface area (Å²) in [5.41, 5.74) is 5.50. The maximum Gasteiger partial charge on any atom is 0.271 e. The standard InChI is InChI=1S/C25H24Cl2N2O4/c1-15(2)17-6-4-16(5-7-17)14-33-24-12-23(32-3)19(11-21(24)27)13-28-29-25(31)18-8-9-22(30)20(26)10-18/h4-13,15,30H,14H2,1-3H3,(H,29,31)/b28-13+. The number of hydrogen-bond acceptors (Lipinski definition) is 5. The molecular formula is C25H24Cl2N2O4. The number of benzene rings is 3. The van der Waals surface area contributed by atoms with E-state index in [2.05, 4.69) is 36.5 Å². The highest BCUT2D eigenvalue weighted by Crippen LogP contribution is 2.32. The van der Waals surface area contributed by atoms with Crippen LogP contribution in [0.15, 0.2) is 59.7 Å². The number of phenolic OH excluding ortho intramolecular Hbond substituents is 1. The van der Waals surface area contributed by atoms with E-state index >= 15 is 0 Å². The first-order valence-corrected chi connectivity index (χ1v) is 10.9. The molecule has 6 nitrogen and oxygen atoms in total. The number of hydrogen-bond donors (Lipinski definition) is 2. The lowest BCUT2D eigenvalue weighted by Gasteiger charge is -2.13. The molecule has 2 N–H and O–H groups in total. The molecule has 0 unspecified atom stereocenters. The number of ether oxygens (including phenoxy) is 2. The molecule has 33 heavy (non-hydrogen) atoms. The van der Waals surface area contributed by atoms with E-state index in [1.165, 1.54) is 37.1 Å². The van der Waals surface area contributed by atoms with Crippen molar-refractivity contribution in [3.63, 3.8) is 0 Å². The second kappa shape index (κ2) is 11.1. The third-order valence-electron chi connectivity index (χ3n) is 4.90. The zero-order valence-electron chi connectivity index (χ0n) is 18.4. The third kappa shape index (κ3) is 6.40. The van der Waals surface area contributed by atoms with Crippen LogP contribution in [0.1, 0.15) is 46.8 Å². The summed E-state index contributed by atoms with van der Waals surface area (Å²) in [5, 5.41) is 13.9. The summed E-state index contributed by atoms with van der Waals surface area (Å²) < 4.78 is 11.3. The Morgan fingerprint density at radius 3 is 2.42 bits per heavy atom. The predicted molar refractivity (Wildman–Crippen MR) is 131 cm³/mol. The van der Waals surface area contributed by atoms with E-state index < -0.39 is 5.91 Å². The monoisotopic (exact) mass is 486 g/mol. The van der Waals surface area contributed by atoms with Crippen molar-refractivity contribution in [2.24, 2.45) is 5.10 Å². The van der Waals surface area contributed by atoms with Crippen molar-refractivity contribution in [2.75, 3.05) is 7.11 Å². The van der Waals surface area contributed by atoms with E-state index in [1.54, 1.807) is 12.1 Å². The van der Waals surface area contributed by atoms with Gasteiger partial charge < -0.3 is 14.6 Å². The van der Waals surface area contributed by atoms with Crippen LogP contribution in [-0.2, 0) is 6.61 Å². The molecule has 0 fully saturated rings. The van der Waals surface area contributed by atoms with E-state index in [-0.39, 0.29) is 16.3 Å². The van der Waals surface area contributed by atoms with E-state index in [1.807, 2.05) is 12.1 Å². The van der Waals surface area contributed by atoms with Crippen molar-refractivity contribution in [1.29, 1.82) is 0 Å². The molecule has 0 heterocycles. The molecule has 0 aliphatic rings. The Kier molecular flexibility index (Phi) is 8.20. The number of phenols is 1. The lowest BCUT2D eigenvalue weighted by molar-refractivity contribution is 0.0955. The van der Waals surface area contributed by atoms with E-state index in [9.17, 15) is 9.90 Å². The largest absolute Gasteiger partial charge is 0.506 e. The molecule has 0 saturated heterocycles. The first kappa shape index (κ1) is 24.4. The average Bonchev–Trinajstić information content (AvgIpc) is 2.80. The second-order valence-corrected chi connectivity index (χ2v) is 8.39. The fraction of sp³-hybridized carbons (Fsp3) is 0.200. The first-order chi connectivity index (χ1) is 15.8. The zero-order valence-corrected chi connectivity index (χ0v) is 19.9. The summed E-state index contributed by atoms with van der Waals surface area (Å²) in [4.78, 5) is 12.2. The molecule has 0 aromatic heterocycles. The van der Waals surface area contributed by atoms with Crippen LogP contribution in [0.4, 0.5) is 0 Å². The van der Waals surface area contributed by atoms with E-state index in [0.717, 1.165) is 5.56 Å². The summed E-state index contributed by atoms with van der Waals surface area (Å²) in [6.45, 7) is 4.66. The lowest BCUT2D eigenvalue weighted by atomic mass is 10.0. The van der Waals surface area contributed by atoms with Crippen LogP contribution in [0, 0.1) is 0 Å². The summed E-state index contributed by atoms with van der Waals surface area (Å²) >= 11 is 12.2. The van der Waals surface area contributed by atoms with Crippen molar-refractivity contribution >= 4 is 35.3 Å². The summed E-state index contributed by atoms with van der Waals surface area (Å²) in [6.07, 6.45) is 1.42. The second-order valence-electron chi connectivity index (χ2n) is 7.57. The van der Waals surface area contributed by atoms with Gasteiger partial charge in [0.05, 0.1) is 23.4 Å². The molecule has 3 rings (SSSR count). The minimum absolute atomic E-state index is 0.0755. The number of methoxy groups -OCH3 is 1. The molecule has 172 valence electrons. The van der Waals surface area contributed by atoms with Gasteiger partial charge in [-0.15, -0.1) is 0 Å². The Morgan fingerprint density at radius 1 is 1.06 bits per heavy atom. The molecule has 0 radical (unpaired) electrons. The number of amides is 1. The number of nitrogens with one attached hydrogen (secondary N) is 1. The fourth-order valence-corrected chi connectivity index (χ4v) is 3.38. The van der Waals surface area contributed by atoms with E-state index in [0.29, 0.717) is 34.6 Å². The smallest absolute Gasteiger partial charge is 0.271 e. The Labute approximate surface area is 202 Å². The molecule has 1 amide bonds. The maximum absolute atomic E-state index is 12.2. The Balaban J connectivity index is 1.67. The van der Waals surface area contributed by atoms with Gasteiger partial charge in [0.2, 0.25) is 0 Å². The highest BCUT2D eigenvalue weighted by Gasteiger charge is 2.11. The van der Waals surface area contributed by atoms with Gasteiger partial charge in [-0.05, 0) is 41.3 Å². The highest BCUT2D eigenvalue weighted by molar-refractivity contribution is 6.32. The van der Waals surface area contributed by atoms with Gasteiger partial charge in [-0.25, -0.2) is 5.43 Å². The molecule has 3 aromatic carbocycles. The van der Waals surface area contributed by atoms with Crippen LogP contribution in [0.5, 0.6) is 17.2 Å². The van der Waals surface area contributed by atoms with Crippen molar-refractivity contribution < 1.29 is 19.4 Å². The number of hydrazone groups is 1. The third-order valence-corrected chi connectivity index (χ3v) is 5.50. The summed E-state index contributed by atoms with van der Waals surface area (Å²) in [7, 11) is 1.52. The van der Waals surface area contributed by atoms with Crippen molar-refractivity contribution in [3.05, 3.63) is 86.9 Å². The molecule has 0 spiro atoms. The quantitative estimate of drug-likeness (QED) is 0.294. The molecule has 0 bridgehead atoms. The average molecular weight is 487 g/mol. The number of aromatic hydroxyl groups is 1. The van der Waals surface area contributed by atoms with Crippen LogP contribution in [0.2, 0.25) is 10.0 Å². The van der Waals surface area contributed by atoms with Gasteiger partial charge in [-0.2, -0.15) is 5.10 Å². The fourth-order valence-electron chi connectivity index (χ4n) is 2.97. The zero-order chi connectivity index (χ0) is 24.0. The first-order valence-electron chi connectivity index (χ1n) is 10.2. The number of rotatable bonds is 8. The van der Waals surface area contributed by atoms with Crippen LogP contribution in [-0.4, -0.2) is 24.3 Å². The van der Waals surface area contributed by atoms with Gasteiger partial charge in [-0.3, -0.25) is 4.79 Å². The SMILES string of the molecule is COc1cc(OCc2ccc(C(C)C)cc2)c(Cl)cc1/C=N/NC(=O)c1ccc(O)c(Cl)c1. The number of carbonyl (C=O) groups excluding carboxylic acids is 1. The Bertz CT molecular complexity index is 1160. The van der Waals surface area contributed by atoms with Gasteiger partial charge >= 0.3 is 0 Å². The summed E-state index contributed by atoms with van der Waals surface area (Å²) in [6, 6.07) is 15.7. The lowest BCUT2D eigenvalue weighted by Crippen LogP contribution is -2.17.